The van der Waals surface area contributed by atoms with Crippen LogP contribution in [0.5, 0.6) is 0 Å². The number of hydrogen-bond donors (Lipinski definition) is 2. The average Bonchev–Trinajstić information content (AvgIpc) is 2.37. The zero-order valence-electron chi connectivity index (χ0n) is 10.5. The van der Waals surface area contributed by atoms with Crippen LogP contribution in [0, 0.1) is 6.92 Å². The molecule has 0 bridgehead atoms. The minimum Gasteiger partial charge on any atom is -0.392 e. The Bertz CT molecular complexity index is 708. The van der Waals surface area contributed by atoms with Crippen molar-refractivity contribution in [1.82, 2.24) is 0 Å². The van der Waals surface area contributed by atoms with Crippen molar-refractivity contribution in [2.24, 2.45) is 5.14 Å². The molecular weight excluding hydrogens is 262 g/mol. The lowest BCUT2D eigenvalue weighted by Gasteiger charge is -2.09. The molecule has 2 aromatic carbocycles. The molecule has 0 saturated heterocycles. The lowest BCUT2D eigenvalue weighted by atomic mass is 9.99. The first-order chi connectivity index (χ1) is 8.91. The van der Waals surface area contributed by atoms with Crippen molar-refractivity contribution in [2.45, 2.75) is 18.4 Å². The van der Waals surface area contributed by atoms with Crippen LogP contribution < -0.4 is 5.14 Å². The van der Waals surface area contributed by atoms with Crippen LogP contribution in [0.15, 0.2) is 47.4 Å². The molecule has 0 fully saturated rings. The van der Waals surface area contributed by atoms with Gasteiger partial charge in [0.05, 0.1) is 11.5 Å². The Labute approximate surface area is 112 Å². The molecule has 0 saturated carbocycles. The number of benzene rings is 2. The van der Waals surface area contributed by atoms with Crippen LogP contribution in [0.25, 0.3) is 11.1 Å². The van der Waals surface area contributed by atoms with E-state index in [9.17, 15) is 8.42 Å². The lowest BCUT2D eigenvalue weighted by molar-refractivity contribution is 0.282. The van der Waals surface area contributed by atoms with Gasteiger partial charge < -0.3 is 5.11 Å². The number of aryl methyl sites for hydroxylation is 1. The highest BCUT2D eigenvalue weighted by atomic mass is 32.2. The van der Waals surface area contributed by atoms with Crippen LogP contribution in [0.3, 0.4) is 0 Å². The second-order valence-corrected chi connectivity index (χ2v) is 5.94. The second kappa shape index (κ2) is 5.13. The summed E-state index contributed by atoms with van der Waals surface area (Å²) in [5.41, 5.74) is 3.49. The van der Waals surface area contributed by atoms with Gasteiger partial charge in [-0.25, -0.2) is 13.6 Å². The minimum atomic E-state index is -3.68. The fourth-order valence-electron chi connectivity index (χ4n) is 1.97. The van der Waals surface area contributed by atoms with Crippen molar-refractivity contribution in [3.8, 4) is 11.1 Å². The lowest BCUT2D eigenvalue weighted by Crippen LogP contribution is -2.12. The molecule has 0 unspecified atom stereocenters. The van der Waals surface area contributed by atoms with E-state index in [0.717, 1.165) is 22.3 Å². The van der Waals surface area contributed by atoms with Gasteiger partial charge in [-0.1, -0.05) is 24.3 Å². The molecule has 0 amide bonds. The molecule has 3 N–H and O–H groups in total. The molecule has 0 aliphatic heterocycles. The van der Waals surface area contributed by atoms with E-state index < -0.39 is 10.0 Å². The molecule has 0 radical (unpaired) electrons. The highest BCUT2D eigenvalue weighted by Gasteiger charge is 2.10. The summed E-state index contributed by atoms with van der Waals surface area (Å²) in [5, 5.41) is 14.2. The number of sulfonamides is 1. The number of hydrogen-bond acceptors (Lipinski definition) is 3. The quantitative estimate of drug-likeness (QED) is 0.897. The van der Waals surface area contributed by atoms with E-state index >= 15 is 0 Å². The van der Waals surface area contributed by atoms with Gasteiger partial charge in [-0.2, -0.15) is 0 Å². The van der Waals surface area contributed by atoms with Crippen molar-refractivity contribution in [3.63, 3.8) is 0 Å². The van der Waals surface area contributed by atoms with Crippen molar-refractivity contribution in [2.75, 3.05) is 0 Å². The number of nitrogens with two attached hydrogens (primary N) is 1. The molecule has 5 heteroatoms. The van der Waals surface area contributed by atoms with Gasteiger partial charge in [-0.15, -0.1) is 0 Å². The molecule has 0 aliphatic rings. The van der Waals surface area contributed by atoms with E-state index in [1.54, 1.807) is 12.1 Å². The number of rotatable bonds is 3. The fraction of sp³-hybridized carbons (Fsp3) is 0.143. The van der Waals surface area contributed by atoms with Crippen LogP contribution in [0.1, 0.15) is 11.1 Å². The van der Waals surface area contributed by atoms with Crippen LogP contribution in [0.2, 0.25) is 0 Å². The van der Waals surface area contributed by atoms with Gasteiger partial charge in [0.15, 0.2) is 0 Å². The molecule has 0 heterocycles. The molecule has 4 nitrogen and oxygen atoms in total. The summed E-state index contributed by atoms with van der Waals surface area (Å²) >= 11 is 0. The standard InChI is InChI=1S/C14H15NO3S/c1-10-7-13(19(15,17)18)5-6-14(10)12-4-2-3-11(8-12)9-16/h2-8,16H,9H2,1H3,(H2,15,17,18). The minimum absolute atomic E-state index is 0.0256. The van der Waals surface area contributed by atoms with Gasteiger partial charge >= 0.3 is 0 Å². The van der Waals surface area contributed by atoms with E-state index in [1.807, 2.05) is 31.2 Å². The summed E-state index contributed by atoms with van der Waals surface area (Å²) < 4.78 is 22.6. The van der Waals surface area contributed by atoms with Crippen molar-refractivity contribution in [3.05, 3.63) is 53.6 Å². The normalized spacial score (nSPS) is 11.5. The fourth-order valence-corrected chi connectivity index (χ4v) is 2.57. The Kier molecular flexibility index (Phi) is 3.71. The van der Waals surface area contributed by atoms with E-state index in [-0.39, 0.29) is 11.5 Å². The average molecular weight is 277 g/mol. The van der Waals surface area contributed by atoms with Crippen molar-refractivity contribution >= 4 is 10.0 Å². The van der Waals surface area contributed by atoms with Gasteiger partial charge in [0.25, 0.3) is 0 Å². The predicted octanol–water partition coefficient (Wildman–Crippen LogP) is 1.80. The van der Waals surface area contributed by atoms with Gasteiger partial charge in [0.1, 0.15) is 0 Å². The van der Waals surface area contributed by atoms with E-state index in [4.69, 9.17) is 10.2 Å². The Hall–Kier alpha value is -1.69. The number of aliphatic hydroxyl groups excluding tert-OH is 1. The Balaban J connectivity index is 2.52. The third-order valence-electron chi connectivity index (χ3n) is 2.95. The van der Waals surface area contributed by atoms with Crippen molar-refractivity contribution < 1.29 is 13.5 Å². The second-order valence-electron chi connectivity index (χ2n) is 4.38. The van der Waals surface area contributed by atoms with Gasteiger partial charge in [0, 0.05) is 0 Å². The third kappa shape index (κ3) is 3.01. The molecule has 0 atom stereocenters. The maximum absolute atomic E-state index is 11.3. The molecule has 2 aromatic rings. The summed E-state index contributed by atoms with van der Waals surface area (Å²) in [5.74, 6) is 0. The summed E-state index contributed by atoms with van der Waals surface area (Å²) in [4.78, 5) is 0.104. The molecular formula is C14H15NO3S. The first-order valence-electron chi connectivity index (χ1n) is 5.75. The van der Waals surface area contributed by atoms with Crippen molar-refractivity contribution in [1.29, 1.82) is 0 Å². The van der Waals surface area contributed by atoms with E-state index in [0.29, 0.717) is 0 Å². The summed E-state index contributed by atoms with van der Waals surface area (Å²) in [7, 11) is -3.68. The Morgan fingerprint density at radius 3 is 2.47 bits per heavy atom. The Morgan fingerprint density at radius 1 is 1.16 bits per heavy atom. The Morgan fingerprint density at radius 2 is 1.89 bits per heavy atom. The summed E-state index contributed by atoms with van der Waals surface area (Å²) in [6.45, 7) is 1.80. The van der Waals surface area contributed by atoms with Gasteiger partial charge in [0.2, 0.25) is 10.0 Å². The highest BCUT2D eigenvalue weighted by molar-refractivity contribution is 7.89. The first-order valence-corrected chi connectivity index (χ1v) is 7.30. The van der Waals surface area contributed by atoms with E-state index in [1.165, 1.54) is 6.07 Å². The monoisotopic (exact) mass is 277 g/mol. The van der Waals surface area contributed by atoms with Gasteiger partial charge in [-0.05, 0) is 47.4 Å². The SMILES string of the molecule is Cc1cc(S(N)(=O)=O)ccc1-c1cccc(CO)c1. The molecule has 0 aliphatic carbocycles. The molecule has 2 rings (SSSR count). The predicted molar refractivity (Wildman–Crippen MR) is 73.9 cm³/mol. The van der Waals surface area contributed by atoms with Crippen LogP contribution >= 0.6 is 0 Å². The highest BCUT2D eigenvalue weighted by Crippen LogP contribution is 2.26. The first kappa shape index (κ1) is 13.7. The number of primary sulfonamides is 1. The largest absolute Gasteiger partial charge is 0.392 e. The third-order valence-corrected chi connectivity index (χ3v) is 3.86. The molecule has 0 aromatic heterocycles. The van der Waals surface area contributed by atoms with E-state index in [2.05, 4.69) is 0 Å². The van der Waals surface area contributed by atoms with Crippen LogP contribution in [-0.2, 0) is 16.6 Å². The zero-order chi connectivity index (χ0) is 14.0. The molecule has 100 valence electrons. The smallest absolute Gasteiger partial charge is 0.238 e. The number of aliphatic hydroxyl groups is 1. The zero-order valence-corrected chi connectivity index (χ0v) is 11.3. The summed E-state index contributed by atoms with van der Waals surface area (Å²) in [6, 6.07) is 12.2. The van der Waals surface area contributed by atoms with Crippen LogP contribution in [-0.4, -0.2) is 13.5 Å². The maximum Gasteiger partial charge on any atom is 0.238 e. The van der Waals surface area contributed by atoms with Crippen LogP contribution in [0.4, 0.5) is 0 Å². The summed E-state index contributed by atoms with van der Waals surface area (Å²) in [6.07, 6.45) is 0. The molecule has 0 spiro atoms. The maximum atomic E-state index is 11.3. The topological polar surface area (TPSA) is 80.4 Å². The molecule has 19 heavy (non-hydrogen) atoms. The van der Waals surface area contributed by atoms with Gasteiger partial charge in [-0.3, -0.25) is 0 Å².